The van der Waals surface area contributed by atoms with E-state index in [9.17, 15) is 0 Å². The highest BCUT2D eigenvalue weighted by Gasteiger charge is 2.10. The molecule has 1 aromatic carbocycles. The van der Waals surface area contributed by atoms with Gasteiger partial charge in [0, 0.05) is 23.3 Å². The predicted molar refractivity (Wildman–Crippen MR) is 79.6 cm³/mol. The van der Waals surface area contributed by atoms with Crippen molar-refractivity contribution in [3.63, 3.8) is 0 Å². The first-order valence-corrected chi connectivity index (χ1v) is 6.87. The van der Waals surface area contributed by atoms with Crippen molar-refractivity contribution in [3.05, 3.63) is 34.5 Å². The summed E-state index contributed by atoms with van der Waals surface area (Å²) in [5.41, 5.74) is 4.35. The fourth-order valence-corrected chi connectivity index (χ4v) is 2.31. The maximum atomic E-state index is 6.27. The van der Waals surface area contributed by atoms with E-state index in [4.69, 9.17) is 11.6 Å². The van der Waals surface area contributed by atoms with Crippen molar-refractivity contribution in [1.82, 2.24) is 4.98 Å². The second-order valence-electron chi connectivity index (χ2n) is 4.53. The molecule has 0 unspecified atom stereocenters. The molecular weight excluding hydrogens is 244 g/mol. The number of fused-ring (bicyclic) bond motifs is 1. The molecule has 0 atom stereocenters. The van der Waals surface area contributed by atoms with Crippen molar-refractivity contribution in [1.29, 1.82) is 0 Å². The van der Waals surface area contributed by atoms with Gasteiger partial charge in [-0.3, -0.25) is 4.98 Å². The first-order chi connectivity index (χ1) is 8.67. The van der Waals surface area contributed by atoms with Crippen molar-refractivity contribution in [2.24, 2.45) is 0 Å². The van der Waals surface area contributed by atoms with Crippen LogP contribution in [0.2, 0.25) is 5.02 Å². The highest BCUT2D eigenvalue weighted by atomic mass is 35.5. The van der Waals surface area contributed by atoms with Gasteiger partial charge >= 0.3 is 0 Å². The fraction of sp³-hybridized carbons (Fsp3) is 0.400. The van der Waals surface area contributed by atoms with Gasteiger partial charge in [-0.05, 0) is 37.5 Å². The molecule has 0 saturated heterocycles. The molecule has 2 aromatic rings. The van der Waals surface area contributed by atoms with Gasteiger partial charge in [-0.15, -0.1) is 0 Å². The molecule has 1 aromatic heterocycles. The van der Waals surface area contributed by atoms with Crippen molar-refractivity contribution >= 4 is 28.2 Å². The number of halogens is 1. The van der Waals surface area contributed by atoms with Crippen LogP contribution < -0.4 is 5.32 Å². The number of nitrogens with one attached hydrogen (secondary N) is 1. The molecule has 0 radical (unpaired) electrons. The van der Waals surface area contributed by atoms with E-state index in [1.807, 2.05) is 6.07 Å². The van der Waals surface area contributed by atoms with Gasteiger partial charge in [-0.2, -0.15) is 0 Å². The lowest BCUT2D eigenvalue weighted by Gasteiger charge is -2.13. The Morgan fingerprint density at radius 2 is 2.06 bits per heavy atom. The summed E-state index contributed by atoms with van der Waals surface area (Å²) in [5, 5.41) is 5.36. The molecule has 2 nitrogen and oxygen atoms in total. The van der Waals surface area contributed by atoms with E-state index in [-0.39, 0.29) is 0 Å². The monoisotopic (exact) mass is 262 g/mol. The van der Waals surface area contributed by atoms with Crippen LogP contribution in [-0.4, -0.2) is 11.5 Å². The third-order valence-corrected chi connectivity index (χ3v) is 3.41. The average Bonchev–Trinajstić information content (AvgIpc) is 2.39. The number of aryl methyl sites for hydroxylation is 2. The quantitative estimate of drug-likeness (QED) is 0.872. The summed E-state index contributed by atoms with van der Waals surface area (Å²) >= 11 is 6.27. The van der Waals surface area contributed by atoms with E-state index < -0.39 is 0 Å². The third-order valence-electron chi connectivity index (χ3n) is 3.10. The number of hydrogen-bond donors (Lipinski definition) is 1. The summed E-state index contributed by atoms with van der Waals surface area (Å²) in [6.45, 7) is 7.34. The summed E-state index contributed by atoms with van der Waals surface area (Å²) in [6.07, 6.45) is 2.02. The molecule has 0 aliphatic heterocycles. The minimum atomic E-state index is 0.727. The van der Waals surface area contributed by atoms with Gasteiger partial charge in [0.1, 0.15) is 0 Å². The molecule has 96 valence electrons. The number of anilines is 1. The van der Waals surface area contributed by atoms with E-state index in [0.29, 0.717) is 0 Å². The molecule has 2 rings (SSSR count). The van der Waals surface area contributed by atoms with Gasteiger partial charge in [-0.25, -0.2) is 0 Å². The van der Waals surface area contributed by atoms with Crippen LogP contribution in [0, 0.1) is 6.92 Å². The Morgan fingerprint density at radius 1 is 1.28 bits per heavy atom. The van der Waals surface area contributed by atoms with Gasteiger partial charge in [0.25, 0.3) is 0 Å². The van der Waals surface area contributed by atoms with Crippen LogP contribution in [0.25, 0.3) is 10.9 Å². The second kappa shape index (κ2) is 5.57. The lowest BCUT2D eigenvalue weighted by Crippen LogP contribution is -2.03. The first-order valence-electron chi connectivity index (χ1n) is 6.50. The third kappa shape index (κ3) is 2.44. The van der Waals surface area contributed by atoms with Gasteiger partial charge in [0.05, 0.1) is 10.5 Å². The maximum absolute atomic E-state index is 6.27. The summed E-state index contributed by atoms with van der Waals surface area (Å²) < 4.78 is 0. The zero-order chi connectivity index (χ0) is 13.1. The molecule has 0 amide bonds. The molecular formula is C15H19ClN2. The second-order valence-corrected chi connectivity index (χ2v) is 4.94. The molecule has 0 aliphatic carbocycles. The first kappa shape index (κ1) is 13.2. The highest BCUT2D eigenvalue weighted by Crippen LogP contribution is 2.31. The molecule has 0 fully saturated rings. The standard InChI is InChI=1S/C15H19ClN2/c1-4-8-17-13-9-11(5-2)18-15-12(16)7-6-10(3)14(13)15/h6-7,9H,4-5,8H2,1-3H3,(H,17,18). The predicted octanol–water partition coefficient (Wildman–Crippen LogP) is 4.58. The SMILES string of the molecule is CCCNc1cc(CC)nc2c(Cl)ccc(C)c12. The van der Waals surface area contributed by atoms with Crippen LogP contribution in [0.1, 0.15) is 31.5 Å². The maximum Gasteiger partial charge on any atom is 0.0914 e. The summed E-state index contributed by atoms with van der Waals surface area (Å²) in [5.74, 6) is 0. The Bertz CT molecular complexity index is 564. The molecule has 18 heavy (non-hydrogen) atoms. The topological polar surface area (TPSA) is 24.9 Å². The number of pyridine rings is 1. The van der Waals surface area contributed by atoms with Crippen LogP contribution in [0.4, 0.5) is 5.69 Å². The largest absolute Gasteiger partial charge is 0.384 e. The van der Waals surface area contributed by atoms with Gasteiger partial charge in [0.15, 0.2) is 0 Å². The summed E-state index contributed by atoms with van der Waals surface area (Å²) in [6, 6.07) is 6.12. The van der Waals surface area contributed by atoms with Crippen molar-refractivity contribution in [2.75, 3.05) is 11.9 Å². The normalized spacial score (nSPS) is 10.9. The van der Waals surface area contributed by atoms with Gasteiger partial charge < -0.3 is 5.32 Å². The Labute approximate surface area is 113 Å². The lowest BCUT2D eigenvalue weighted by atomic mass is 10.1. The minimum Gasteiger partial charge on any atom is -0.384 e. The number of benzene rings is 1. The van der Waals surface area contributed by atoms with E-state index in [0.717, 1.165) is 46.7 Å². The Kier molecular flexibility index (Phi) is 4.07. The minimum absolute atomic E-state index is 0.727. The Balaban J connectivity index is 2.68. The molecule has 1 N–H and O–H groups in total. The van der Waals surface area contributed by atoms with Crippen LogP contribution in [-0.2, 0) is 6.42 Å². The number of nitrogens with zero attached hydrogens (tertiary/aromatic N) is 1. The van der Waals surface area contributed by atoms with Gasteiger partial charge in [0.2, 0.25) is 0 Å². The van der Waals surface area contributed by atoms with E-state index >= 15 is 0 Å². The highest BCUT2D eigenvalue weighted by molar-refractivity contribution is 6.35. The molecule has 0 saturated carbocycles. The van der Waals surface area contributed by atoms with Crippen LogP contribution in [0.15, 0.2) is 18.2 Å². The Hall–Kier alpha value is -1.28. The van der Waals surface area contributed by atoms with E-state index in [1.54, 1.807) is 0 Å². The zero-order valence-electron chi connectivity index (χ0n) is 11.2. The summed E-state index contributed by atoms with van der Waals surface area (Å²) in [7, 11) is 0. The lowest BCUT2D eigenvalue weighted by molar-refractivity contribution is 0.977. The molecule has 0 spiro atoms. The molecule has 1 heterocycles. The smallest absolute Gasteiger partial charge is 0.0914 e. The van der Waals surface area contributed by atoms with Crippen molar-refractivity contribution in [2.45, 2.75) is 33.6 Å². The number of aromatic nitrogens is 1. The van der Waals surface area contributed by atoms with E-state index in [2.05, 4.69) is 43.2 Å². The fourth-order valence-electron chi connectivity index (χ4n) is 2.11. The average molecular weight is 263 g/mol. The van der Waals surface area contributed by atoms with Crippen LogP contribution in [0.5, 0.6) is 0 Å². The molecule has 0 bridgehead atoms. The van der Waals surface area contributed by atoms with E-state index in [1.165, 1.54) is 5.56 Å². The van der Waals surface area contributed by atoms with Crippen LogP contribution >= 0.6 is 11.6 Å². The number of rotatable bonds is 4. The van der Waals surface area contributed by atoms with Crippen molar-refractivity contribution in [3.8, 4) is 0 Å². The summed E-state index contributed by atoms with van der Waals surface area (Å²) in [4.78, 5) is 4.65. The number of hydrogen-bond acceptors (Lipinski definition) is 2. The molecule has 3 heteroatoms. The van der Waals surface area contributed by atoms with Crippen molar-refractivity contribution < 1.29 is 0 Å². The Morgan fingerprint density at radius 3 is 2.72 bits per heavy atom. The zero-order valence-corrected chi connectivity index (χ0v) is 11.9. The van der Waals surface area contributed by atoms with Crippen LogP contribution in [0.3, 0.4) is 0 Å². The van der Waals surface area contributed by atoms with Gasteiger partial charge in [-0.1, -0.05) is 31.5 Å². The molecule has 0 aliphatic rings.